The average Bonchev–Trinajstić information content (AvgIpc) is 2.91. The molecule has 0 spiro atoms. The lowest BCUT2D eigenvalue weighted by Crippen LogP contribution is -2.49. The van der Waals surface area contributed by atoms with Gasteiger partial charge in [-0.15, -0.1) is 0 Å². The molecule has 1 aromatic heterocycles. The summed E-state index contributed by atoms with van der Waals surface area (Å²) in [7, 11) is 0. The Labute approximate surface area is 125 Å². The molecule has 4 nitrogen and oxygen atoms in total. The molecule has 112 valence electrons. The number of H-pyrrole nitrogens is 1. The molecule has 0 bridgehead atoms. The molecule has 3 rings (SSSR count). The van der Waals surface area contributed by atoms with Gasteiger partial charge in [0.2, 0.25) is 5.91 Å². The van der Waals surface area contributed by atoms with Crippen LogP contribution < -0.4 is 11.1 Å². The van der Waals surface area contributed by atoms with Crippen molar-refractivity contribution in [3.8, 4) is 0 Å². The zero-order valence-electron chi connectivity index (χ0n) is 12.3. The number of nitrogens with one attached hydrogen (secondary N) is 2. The van der Waals surface area contributed by atoms with E-state index in [2.05, 4.69) is 22.4 Å². The number of benzene rings is 1. The average molecular weight is 285 g/mol. The molecule has 1 heterocycles. The highest BCUT2D eigenvalue weighted by Crippen LogP contribution is 2.20. The van der Waals surface area contributed by atoms with Crippen LogP contribution in [0.5, 0.6) is 0 Å². The normalized spacial score (nSPS) is 22.3. The number of aromatic amines is 1. The first-order valence-electron chi connectivity index (χ1n) is 7.84. The zero-order valence-corrected chi connectivity index (χ0v) is 12.3. The monoisotopic (exact) mass is 285 g/mol. The second-order valence-corrected chi connectivity index (χ2v) is 5.98. The van der Waals surface area contributed by atoms with Gasteiger partial charge in [-0.05, 0) is 30.9 Å². The Balaban J connectivity index is 1.56. The maximum Gasteiger partial charge on any atom is 0.220 e. The van der Waals surface area contributed by atoms with Crippen LogP contribution in [0.2, 0.25) is 0 Å². The standard InChI is InChI=1S/C17H23N3O/c18-14-6-2-4-8-16(14)20-17(21)10-9-12-11-19-15-7-3-1-5-13(12)15/h1,3,5,7,11,14,16,19H,2,4,6,8-10,18H2,(H,20,21). The van der Waals surface area contributed by atoms with Crippen molar-refractivity contribution < 1.29 is 4.79 Å². The molecular weight excluding hydrogens is 262 g/mol. The van der Waals surface area contributed by atoms with Crippen molar-refractivity contribution in [1.29, 1.82) is 0 Å². The number of amides is 1. The minimum atomic E-state index is 0.114. The third-order valence-corrected chi connectivity index (χ3v) is 4.46. The summed E-state index contributed by atoms with van der Waals surface area (Å²) >= 11 is 0. The van der Waals surface area contributed by atoms with Gasteiger partial charge in [-0.2, -0.15) is 0 Å². The molecule has 21 heavy (non-hydrogen) atoms. The number of hydrogen-bond acceptors (Lipinski definition) is 2. The van der Waals surface area contributed by atoms with Gasteiger partial charge in [-0.25, -0.2) is 0 Å². The number of aryl methyl sites for hydroxylation is 1. The number of carbonyl (C=O) groups is 1. The molecule has 1 aliphatic carbocycles. The second-order valence-electron chi connectivity index (χ2n) is 5.98. The lowest BCUT2D eigenvalue weighted by atomic mass is 9.91. The summed E-state index contributed by atoms with van der Waals surface area (Å²) in [4.78, 5) is 15.4. The number of rotatable bonds is 4. The maximum atomic E-state index is 12.1. The smallest absolute Gasteiger partial charge is 0.220 e. The predicted molar refractivity (Wildman–Crippen MR) is 85.0 cm³/mol. The summed E-state index contributed by atoms with van der Waals surface area (Å²) in [5, 5.41) is 4.31. The number of aromatic nitrogens is 1. The molecule has 0 radical (unpaired) electrons. The topological polar surface area (TPSA) is 70.9 Å². The first-order valence-corrected chi connectivity index (χ1v) is 7.84. The third-order valence-electron chi connectivity index (χ3n) is 4.46. The summed E-state index contributed by atoms with van der Waals surface area (Å²) in [5.74, 6) is 0.114. The number of fused-ring (bicyclic) bond motifs is 1. The van der Waals surface area contributed by atoms with E-state index in [0.717, 1.165) is 24.8 Å². The van der Waals surface area contributed by atoms with E-state index in [1.807, 2.05) is 18.3 Å². The molecular formula is C17H23N3O. The largest absolute Gasteiger partial charge is 0.361 e. The molecule has 2 atom stereocenters. The Bertz CT molecular complexity index is 619. The van der Waals surface area contributed by atoms with Gasteiger partial charge in [-0.1, -0.05) is 31.0 Å². The van der Waals surface area contributed by atoms with Crippen LogP contribution in [-0.2, 0) is 11.2 Å². The Morgan fingerprint density at radius 2 is 2.10 bits per heavy atom. The van der Waals surface area contributed by atoms with Crippen LogP contribution in [0, 0.1) is 0 Å². The molecule has 1 fully saturated rings. The van der Waals surface area contributed by atoms with Crippen molar-refractivity contribution in [3.63, 3.8) is 0 Å². The molecule has 1 amide bonds. The van der Waals surface area contributed by atoms with Crippen LogP contribution in [0.15, 0.2) is 30.5 Å². The van der Waals surface area contributed by atoms with Gasteiger partial charge in [0.1, 0.15) is 0 Å². The molecule has 1 aliphatic rings. The fourth-order valence-electron chi connectivity index (χ4n) is 3.20. The summed E-state index contributed by atoms with van der Waals surface area (Å²) in [6.45, 7) is 0. The molecule has 2 aromatic rings. The highest BCUT2D eigenvalue weighted by molar-refractivity contribution is 5.84. The lowest BCUT2D eigenvalue weighted by Gasteiger charge is -2.29. The number of carbonyl (C=O) groups excluding carboxylic acids is 1. The van der Waals surface area contributed by atoms with Crippen molar-refractivity contribution >= 4 is 16.8 Å². The van der Waals surface area contributed by atoms with Crippen molar-refractivity contribution in [3.05, 3.63) is 36.0 Å². The van der Waals surface area contributed by atoms with Crippen LogP contribution in [0.1, 0.15) is 37.7 Å². The van der Waals surface area contributed by atoms with Gasteiger partial charge in [0.25, 0.3) is 0 Å². The van der Waals surface area contributed by atoms with E-state index < -0.39 is 0 Å². The highest BCUT2D eigenvalue weighted by Gasteiger charge is 2.23. The van der Waals surface area contributed by atoms with Crippen LogP contribution in [-0.4, -0.2) is 23.0 Å². The predicted octanol–water partition coefficient (Wildman–Crippen LogP) is 2.49. The Hall–Kier alpha value is -1.81. The highest BCUT2D eigenvalue weighted by atomic mass is 16.1. The Morgan fingerprint density at radius 3 is 2.95 bits per heavy atom. The Kier molecular flexibility index (Phi) is 4.25. The van der Waals surface area contributed by atoms with Gasteiger partial charge >= 0.3 is 0 Å². The van der Waals surface area contributed by atoms with E-state index in [-0.39, 0.29) is 18.0 Å². The third kappa shape index (κ3) is 3.27. The molecule has 4 heteroatoms. The van der Waals surface area contributed by atoms with Gasteiger partial charge in [-0.3, -0.25) is 4.79 Å². The molecule has 1 aromatic carbocycles. The van der Waals surface area contributed by atoms with Crippen LogP contribution >= 0.6 is 0 Å². The number of nitrogens with two attached hydrogens (primary N) is 1. The van der Waals surface area contributed by atoms with Gasteiger partial charge < -0.3 is 16.0 Å². The molecule has 0 aliphatic heterocycles. The van der Waals surface area contributed by atoms with Crippen molar-refractivity contribution in [2.75, 3.05) is 0 Å². The molecule has 0 saturated heterocycles. The fraction of sp³-hybridized carbons (Fsp3) is 0.471. The minimum absolute atomic E-state index is 0.114. The first-order chi connectivity index (χ1) is 10.2. The van der Waals surface area contributed by atoms with E-state index in [1.54, 1.807) is 0 Å². The summed E-state index contributed by atoms with van der Waals surface area (Å²) in [6.07, 6.45) is 7.67. The quantitative estimate of drug-likeness (QED) is 0.807. The fourth-order valence-corrected chi connectivity index (χ4v) is 3.20. The van der Waals surface area contributed by atoms with Gasteiger partial charge in [0.05, 0.1) is 0 Å². The van der Waals surface area contributed by atoms with Gasteiger partial charge in [0.15, 0.2) is 0 Å². The number of hydrogen-bond donors (Lipinski definition) is 3. The van der Waals surface area contributed by atoms with Gasteiger partial charge in [0, 0.05) is 35.6 Å². The van der Waals surface area contributed by atoms with E-state index in [1.165, 1.54) is 23.8 Å². The van der Waals surface area contributed by atoms with E-state index in [9.17, 15) is 4.79 Å². The van der Waals surface area contributed by atoms with E-state index >= 15 is 0 Å². The summed E-state index contributed by atoms with van der Waals surface area (Å²) in [5.41, 5.74) is 8.40. The Morgan fingerprint density at radius 1 is 1.29 bits per heavy atom. The molecule has 1 saturated carbocycles. The summed E-state index contributed by atoms with van der Waals surface area (Å²) in [6, 6.07) is 8.47. The van der Waals surface area contributed by atoms with E-state index in [4.69, 9.17) is 5.73 Å². The minimum Gasteiger partial charge on any atom is -0.361 e. The van der Waals surface area contributed by atoms with Crippen molar-refractivity contribution in [1.82, 2.24) is 10.3 Å². The zero-order chi connectivity index (χ0) is 14.7. The van der Waals surface area contributed by atoms with E-state index in [0.29, 0.717) is 6.42 Å². The maximum absolute atomic E-state index is 12.1. The summed E-state index contributed by atoms with van der Waals surface area (Å²) < 4.78 is 0. The second kappa shape index (κ2) is 6.31. The SMILES string of the molecule is NC1CCCCC1NC(=O)CCc1c[nH]c2ccccc12. The number of para-hydroxylation sites is 1. The lowest BCUT2D eigenvalue weighted by molar-refractivity contribution is -0.122. The van der Waals surface area contributed by atoms with Crippen LogP contribution in [0.3, 0.4) is 0 Å². The van der Waals surface area contributed by atoms with Crippen molar-refractivity contribution in [2.45, 2.75) is 50.6 Å². The first kappa shape index (κ1) is 14.1. The van der Waals surface area contributed by atoms with Crippen molar-refractivity contribution in [2.24, 2.45) is 5.73 Å². The molecule has 2 unspecified atom stereocenters. The molecule has 4 N–H and O–H groups in total. The van der Waals surface area contributed by atoms with Crippen LogP contribution in [0.25, 0.3) is 10.9 Å². The van der Waals surface area contributed by atoms with Crippen LogP contribution in [0.4, 0.5) is 0 Å².